The van der Waals surface area contributed by atoms with Gasteiger partial charge < -0.3 is 25.0 Å². The molecule has 3 aromatic heterocycles. The molecule has 2 atom stereocenters. The molecule has 174 valence electrons. The Bertz CT molecular complexity index is 1150. The Morgan fingerprint density at radius 3 is 2.85 bits per heavy atom. The van der Waals surface area contributed by atoms with Gasteiger partial charge in [0.25, 0.3) is 0 Å². The highest BCUT2D eigenvalue weighted by Crippen LogP contribution is 2.33. The van der Waals surface area contributed by atoms with Crippen molar-refractivity contribution < 1.29 is 14.3 Å². The lowest BCUT2D eigenvalue weighted by Crippen LogP contribution is -2.53. The molecule has 1 aliphatic heterocycles. The van der Waals surface area contributed by atoms with Crippen molar-refractivity contribution in [2.45, 2.75) is 39.1 Å². The third-order valence-corrected chi connectivity index (χ3v) is 5.65. The van der Waals surface area contributed by atoms with E-state index >= 15 is 0 Å². The number of ether oxygens (including phenoxy) is 2. The highest BCUT2D eigenvalue weighted by atomic mass is 16.5. The second-order valence-corrected chi connectivity index (χ2v) is 7.92. The number of likely N-dealkylation sites (N-methyl/N-ethyl adjacent to an activating group) is 1. The molecule has 0 radical (unpaired) electrons. The Hall–Kier alpha value is -3.73. The molecule has 1 aliphatic rings. The van der Waals surface area contributed by atoms with Gasteiger partial charge in [0.15, 0.2) is 5.82 Å². The molecule has 0 aliphatic carbocycles. The third-order valence-electron chi connectivity index (χ3n) is 5.65. The van der Waals surface area contributed by atoms with Gasteiger partial charge in [-0.2, -0.15) is 10.1 Å². The highest BCUT2D eigenvalue weighted by molar-refractivity contribution is 6.03. The van der Waals surface area contributed by atoms with E-state index in [0.29, 0.717) is 42.1 Å². The van der Waals surface area contributed by atoms with Crippen LogP contribution in [0.5, 0.6) is 5.88 Å². The van der Waals surface area contributed by atoms with Crippen LogP contribution >= 0.6 is 0 Å². The molecule has 0 unspecified atom stereocenters. The van der Waals surface area contributed by atoms with E-state index in [1.165, 1.54) is 0 Å². The van der Waals surface area contributed by atoms with E-state index < -0.39 is 6.04 Å². The number of hydrogen-bond donors (Lipinski definition) is 2. The summed E-state index contributed by atoms with van der Waals surface area (Å²) < 4.78 is 12.4. The number of hydrogen-bond acceptors (Lipinski definition) is 9. The highest BCUT2D eigenvalue weighted by Gasteiger charge is 2.37. The summed E-state index contributed by atoms with van der Waals surface area (Å²) in [4.78, 5) is 27.7. The SMILES string of the molecule is COc1cc(Cn2cc(CNc3nc(C)c4c(n3)N(C)[C@@H]([C@@H](C)OC)C(=O)N4)cn2)ccn1. The minimum atomic E-state index is -0.477. The van der Waals surface area contributed by atoms with Gasteiger partial charge in [0.05, 0.1) is 31.6 Å². The summed E-state index contributed by atoms with van der Waals surface area (Å²) in [5, 5.41) is 10.6. The number of aryl methyl sites for hydroxylation is 1. The van der Waals surface area contributed by atoms with Crippen molar-refractivity contribution in [3.05, 3.63) is 47.5 Å². The molecule has 0 bridgehead atoms. The van der Waals surface area contributed by atoms with Crippen LogP contribution in [-0.4, -0.2) is 64.1 Å². The maximum absolute atomic E-state index is 12.6. The predicted molar refractivity (Wildman–Crippen MR) is 124 cm³/mol. The predicted octanol–water partition coefficient (Wildman–Crippen LogP) is 1.84. The molecule has 4 rings (SSSR count). The Morgan fingerprint density at radius 2 is 2.09 bits per heavy atom. The van der Waals surface area contributed by atoms with Crippen molar-refractivity contribution in [3.63, 3.8) is 0 Å². The average Bonchev–Trinajstić information content (AvgIpc) is 3.25. The Kier molecular flexibility index (Phi) is 6.40. The summed E-state index contributed by atoms with van der Waals surface area (Å²) in [7, 11) is 5.02. The first-order chi connectivity index (χ1) is 15.9. The van der Waals surface area contributed by atoms with Crippen LogP contribution in [-0.2, 0) is 22.6 Å². The number of aromatic nitrogens is 5. The third kappa shape index (κ3) is 4.72. The Balaban J connectivity index is 1.46. The zero-order valence-corrected chi connectivity index (χ0v) is 19.4. The van der Waals surface area contributed by atoms with Gasteiger partial charge in [0.2, 0.25) is 17.7 Å². The van der Waals surface area contributed by atoms with Gasteiger partial charge in [-0.15, -0.1) is 0 Å². The molecule has 11 nitrogen and oxygen atoms in total. The second-order valence-electron chi connectivity index (χ2n) is 7.92. The topological polar surface area (TPSA) is 119 Å². The summed E-state index contributed by atoms with van der Waals surface area (Å²) in [6.45, 7) is 4.82. The van der Waals surface area contributed by atoms with Gasteiger partial charge in [-0.25, -0.2) is 9.97 Å². The lowest BCUT2D eigenvalue weighted by Gasteiger charge is -2.37. The maximum Gasteiger partial charge on any atom is 0.249 e. The van der Waals surface area contributed by atoms with Crippen LogP contribution < -0.4 is 20.3 Å². The van der Waals surface area contributed by atoms with E-state index in [-0.39, 0.29) is 12.0 Å². The van der Waals surface area contributed by atoms with E-state index in [2.05, 4.69) is 30.7 Å². The molecular formula is C22H28N8O3. The number of anilines is 3. The van der Waals surface area contributed by atoms with Crippen LogP contribution in [0.4, 0.5) is 17.5 Å². The summed E-state index contributed by atoms with van der Waals surface area (Å²) in [6, 6.07) is 3.34. The fraction of sp³-hybridized carbons (Fsp3) is 0.409. The molecule has 1 amide bonds. The first kappa shape index (κ1) is 22.5. The van der Waals surface area contributed by atoms with Crippen molar-refractivity contribution in [1.82, 2.24) is 24.7 Å². The van der Waals surface area contributed by atoms with E-state index in [1.54, 1.807) is 26.6 Å². The van der Waals surface area contributed by atoms with Gasteiger partial charge in [-0.3, -0.25) is 9.48 Å². The summed E-state index contributed by atoms with van der Waals surface area (Å²) in [6.07, 6.45) is 5.20. The van der Waals surface area contributed by atoms with E-state index in [0.717, 1.165) is 11.1 Å². The fourth-order valence-electron chi connectivity index (χ4n) is 3.81. The molecule has 4 heterocycles. The molecular weight excluding hydrogens is 424 g/mol. The number of pyridine rings is 1. The van der Waals surface area contributed by atoms with Gasteiger partial charge in [0, 0.05) is 44.7 Å². The first-order valence-corrected chi connectivity index (χ1v) is 10.6. The molecule has 11 heteroatoms. The molecule has 0 saturated heterocycles. The molecule has 2 N–H and O–H groups in total. The van der Waals surface area contributed by atoms with Gasteiger partial charge in [-0.05, 0) is 25.5 Å². The first-order valence-electron chi connectivity index (χ1n) is 10.6. The van der Waals surface area contributed by atoms with Crippen molar-refractivity contribution in [3.8, 4) is 5.88 Å². The number of nitrogens with one attached hydrogen (secondary N) is 2. The smallest absolute Gasteiger partial charge is 0.249 e. The summed E-state index contributed by atoms with van der Waals surface area (Å²) >= 11 is 0. The molecule has 33 heavy (non-hydrogen) atoms. The largest absolute Gasteiger partial charge is 0.481 e. The fourth-order valence-corrected chi connectivity index (χ4v) is 3.81. The summed E-state index contributed by atoms with van der Waals surface area (Å²) in [5.74, 6) is 1.57. The van der Waals surface area contributed by atoms with Gasteiger partial charge in [0.1, 0.15) is 11.7 Å². The van der Waals surface area contributed by atoms with Crippen molar-refractivity contribution in [2.24, 2.45) is 0 Å². The monoisotopic (exact) mass is 452 g/mol. The van der Waals surface area contributed by atoms with E-state index in [4.69, 9.17) is 9.47 Å². The van der Waals surface area contributed by atoms with Crippen molar-refractivity contribution in [1.29, 1.82) is 0 Å². The van der Waals surface area contributed by atoms with Crippen LogP contribution in [0.3, 0.4) is 0 Å². The lowest BCUT2D eigenvalue weighted by atomic mass is 10.1. The molecule has 3 aromatic rings. The second kappa shape index (κ2) is 9.41. The lowest BCUT2D eigenvalue weighted by molar-refractivity contribution is -0.120. The van der Waals surface area contributed by atoms with Crippen molar-refractivity contribution in [2.75, 3.05) is 36.8 Å². The van der Waals surface area contributed by atoms with Crippen LogP contribution in [0.25, 0.3) is 0 Å². The molecule has 0 fully saturated rings. The van der Waals surface area contributed by atoms with Crippen LogP contribution in [0.1, 0.15) is 23.7 Å². The van der Waals surface area contributed by atoms with E-state index in [9.17, 15) is 4.79 Å². The number of carbonyl (C=O) groups excluding carboxylic acids is 1. The summed E-state index contributed by atoms with van der Waals surface area (Å²) in [5.41, 5.74) is 3.34. The molecule has 0 saturated carbocycles. The Labute approximate surface area is 192 Å². The zero-order chi connectivity index (χ0) is 23.5. The van der Waals surface area contributed by atoms with Gasteiger partial charge >= 0.3 is 0 Å². The zero-order valence-electron chi connectivity index (χ0n) is 19.4. The van der Waals surface area contributed by atoms with Crippen LogP contribution in [0.2, 0.25) is 0 Å². The minimum absolute atomic E-state index is 0.133. The number of fused-ring (bicyclic) bond motifs is 1. The van der Waals surface area contributed by atoms with Crippen LogP contribution in [0.15, 0.2) is 30.7 Å². The quantitative estimate of drug-likeness (QED) is 0.527. The number of carbonyl (C=O) groups is 1. The standard InChI is InChI=1S/C22H28N8O3/c1-13-18-20(29(3)19(14(2)32-4)21(31)27-18)28-22(26-13)24-9-16-10-25-30(12-16)11-15-6-7-23-17(8-15)33-5/h6-8,10,12,14,19H,9,11H2,1-5H3,(H,27,31)(H,24,26,28)/t14-,19+/m1/s1. The Morgan fingerprint density at radius 1 is 1.27 bits per heavy atom. The number of rotatable bonds is 8. The minimum Gasteiger partial charge on any atom is -0.481 e. The normalized spacial score (nSPS) is 16.2. The van der Waals surface area contributed by atoms with Crippen molar-refractivity contribution >= 4 is 23.4 Å². The van der Waals surface area contributed by atoms with E-state index in [1.807, 2.05) is 48.8 Å². The van der Waals surface area contributed by atoms with Crippen LogP contribution in [0, 0.1) is 6.92 Å². The number of methoxy groups -OCH3 is 2. The number of nitrogens with zero attached hydrogens (tertiary/aromatic N) is 6. The average molecular weight is 453 g/mol. The van der Waals surface area contributed by atoms with Gasteiger partial charge in [-0.1, -0.05) is 0 Å². The molecule has 0 aromatic carbocycles. The molecule has 0 spiro atoms. The maximum atomic E-state index is 12.6. The number of amides is 1.